The monoisotopic (exact) mass is 422 g/mol. The minimum absolute atomic E-state index is 0.170. The topological polar surface area (TPSA) is 84.3 Å². The van der Waals surface area contributed by atoms with Gasteiger partial charge in [-0.3, -0.25) is 9.10 Å². The number of anilines is 2. The molecule has 7 nitrogen and oxygen atoms in total. The summed E-state index contributed by atoms with van der Waals surface area (Å²) in [6, 6.07) is 16.5. The number of hydrogen-bond donors (Lipinski definition) is 1. The molecule has 5 rings (SSSR count). The molecule has 0 spiro atoms. The Morgan fingerprint density at radius 2 is 1.70 bits per heavy atom. The number of nitrogens with one attached hydrogen (secondary N) is 1. The molecule has 0 unspecified atom stereocenters. The van der Waals surface area contributed by atoms with Crippen molar-refractivity contribution in [2.24, 2.45) is 0 Å². The Bertz CT molecular complexity index is 1200. The molecule has 1 aromatic heterocycles. The summed E-state index contributed by atoms with van der Waals surface area (Å²) < 4.78 is 27.4. The molecule has 2 aliphatic rings. The van der Waals surface area contributed by atoms with E-state index in [4.69, 9.17) is 5.10 Å². The van der Waals surface area contributed by atoms with Gasteiger partial charge in [0, 0.05) is 17.7 Å². The molecule has 0 saturated carbocycles. The first-order valence-corrected chi connectivity index (χ1v) is 11.7. The standard InChI is InChI=1S/C22H22N4O3S/c27-22(16-10-12-17(13-11-16)25-14-5-15-30(25,28)29)23-21-19-8-4-9-20(19)24-26(21)18-6-2-1-3-7-18/h1-3,6-7,10-13H,4-5,8-9,14-15H2,(H,23,27). The van der Waals surface area contributed by atoms with Gasteiger partial charge in [0.1, 0.15) is 5.82 Å². The number of aryl methyl sites for hydroxylation is 1. The van der Waals surface area contributed by atoms with Crippen LogP contribution in [0.15, 0.2) is 54.6 Å². The van der Waals surface area contributed by atoms with Gasteiger partial charge in [-0.15, -0.1) is 0 Å². The Kier molecular flexibility index (Phi) is 4.58. The summed E-state index contributed by atoms with van der Waals surface area (Å²) in [4.78, 5) is 13.0. The van der Waals surface area contributed by atoms with Gasteiger partial charge in [0.25, 0.3) is 5.91 Å². The van der Waals surface area contributed by atoms with E-state index >= 15 is 0 Å². The van der Waals surface area contributed by atoms with Gasteiger partial charge < -0.3 is 5.32 Å². The summed E-state index contributed by atoms with van der Waals surface area (Å²) in [5.74, 6) is 0.645. The maximum absolute atomic E-state index is 13.0. The van der Waals surface area contributed by atoms with Crippen LogP contribution in [0.3, 0.4) is 0 Å². The number of amides is 1. The second-order valence-electron chi connectivity index (χ2n) is 7.62. The molecule has 30 heavy (non-hydrogen) atoms. The van der Waals surface area contributed by atoms with Crippen LogP contribution in [-0.2, 0) is 22.9 Å². The molecule has 2 heterocycles. The number of sulfonamides is 1. The summed E-state index contributed by atoms with van der Waals surface area (Å²) in [6.07, 6.45) is 3.47. The Labute approximate surface area is 175 Å². The molecular weight excluding hydrogens is 400 g/mol. The lowest BCUT2D eigenvalue weighted by atomic mass is 10.2. The first-order chi connectivity index (χ1) is 14.5. The number of carbonyl (C=O) groups excluding carboxylic acids is 1. The summed E-state index contributed by atoms with van der Waals surface area (Å²) in [7, 11) is -3.24. The van der Waals surface area contributed by atoms with E-state index in [0.29, 0.717) is 30.0 Å². The fourth-order valence-corrected chi connectivity index (χ4v) is 5.73. The fraction of sp³-hybridized carbons (Fsp3) is 0.273. The van der Waals surface area contributed by atoms with E-state index in [1.165, 1.54) is 4.31 Å². The molecule has 1 N–H and O–H groups in total. The van der Waals surface area contributed by atoms with Crippen LogP contribution in [-0.4, -0.2) is 36.4 Å². The number of rotatable bonds is 4. The molecule has 1 saturated heterocycles. The van der Waals surface area contributed by atoms with Crippen molar-refractivity contribution in [1.29, 1.82) is 0 Å². The number of fused-ring (bicyclic) bond motifs is 1. The van der Waals surface area contributed by atoms with Gasteiger partial charge in [0.15, 0.2) is 0 Å². The molecule has 8 heteroatoms. The van der Waals surface area contributed by atoms with Crippen LogP contribution in [0.5, 0.6) is 0 Å². The second kappa shape index (κ2) is 7.28. The first kappa shape index (κ1) is 18.9. The molecular formula is C22H22N4O3S. The molecule has 3 aromatic rings. The largest absolute Gasteiger partial charge is 0.306 e. The molecule has 0 atom stereocenters. The van der Waals surface area contributed by atoms with Crippen molar-refractivity contribution in [3.05, 3.63) is 71.4 Å². The van der Waals surface area contributed by atoms with E-state index in [1.54, 1.807) is 28.9 Å². The van der Waals surface area contributed by atoms with Gasteiger partial charge in [-0.05, 0) is 62.1 Å². The number of benzene rings is 2. The molecule has 2 aromatic carbocycles. The molecule has 1 fully saturated rings. The number of carbonyl (C=O) groups is 1. The van der Waals surface area contributed by atoms with Gasteiger partial charge >= 0.3 is 0 Å². The smallest absolute Gasteiger partial charge is 0.256 e. The zero-order valence-electron chi connectivity index (χ0n) is 16.4. The van der Waals surface area contributed by atoms with Crippen molar-refractivity contribution in [3.63, 3.8) is 0 Å². The third kappa shape index (κ3) is 3.27. The highest BCUT2D eigenvalue weighted by Gasteiger charge is 2.29. The van der Waals surface area contributed by atoms with Gasteiger partial charge in [-0.1, -0.05) is 18.2 Å². The lowest BCUT2D eigenvalue weighted by Crippen LogP contribution is -2.25. The number of hydrogen-bond acceptors (Lipinski definition) is 4. The fourth-order valence-electron chi connectivity index (χ4n) is 4.16. The predicted octanol–water partition coefficient (Wildman–Crippen LogP) is 3.15. The molecule has 1 amide bonds. The van der Waals surface area contributed by atoms with Crippen molar-refractivity contribution in [2.75, 3.05) is 21.9 Å². The van der Waals surface area contributed by atoms with Crippen LogP contribution in [0.1, 0.15) is 34.5 Å². The lowest BCUT2D eigenvalue weighted by molar-refractivity contribution is 0.102. The molecule has 154 valence electrons. The summed E-state index contributed by atoms with van der Waals surface area (Å²) in [5, 5.41) is 7.76. The van der Waals surface area contributed by atoms with Gasteiger partial charge in [-0.2, -0.15) is 5.10 Å². The Morgan fingerprint density at radius 3 is 2.40 bits per heavy atom. The highest BCUT2D eigenvalue weighted by molar-refractivity contribution is 7.93. The van der Waals surface area contributed by atoms with Crippen molar-refractivity contribution in [3.8, 4) is 5.69 Å². The van der Waals surface area contributed by atoms with Gasteiger partial charge in [-0.25, -0.2) is 13.1 Å². The van der Waals surface area contributed by atoms with Crippen molar-refractivity contribution < 1.29 is 13.2 Å². The number of para-hydroxylation sites is 1. The average molecular weight is 423 g/mol. The number of nitrogens with zero attached hydrogens (tertiary/aromatic N) is 3. The highest BCUT2D eigenvalue weighted by atomic mass is 32.2. The van der Waals surface area contributed by atoms with Crippen LogP contribution in [0.25, 0.3) is 5.69 Å². The zero-order chi connectivity index (χ0) is 20.7. The van der Waals surface area contributed by atoms with Crippen molar-refractivity contribution >= 4 is 27.4 Å². The van der Waals surface area contributed by atoms with Gasteiger partial charge in [0.05, 0.1) is 22.8 Å². The Balaban J connectivity index is 1.42. The Morgan fingerprint density at radius 1 is 0.933 bits per heavy atom. The predicted molar refractivity (Wildman–Crippen MR) is 116 cm³/mol. The minimum atomic E-state index is -3.24. The SMILES string of the molecule is O=C(Nc1c2c(nn1-c1ccccc1)CCC2)c1ccc(N2CCCS2(=O)=O)cc1. The van der Waals surface area contributed by atoms with Crippen LogP contribution in [0.2, 0.25) is 0 Å². The van der Waals surface area contributed by atoms with E-state index in [2.05, 4.69) is 5.32 Å². The van der Waals surface area contributed by atoms with Crippen LogP contribution in [0.4, 0.5) is 11.5 Å². The molecule has 1 aliphatic heterocycles. The van der Waals surface area contributed by atoms with Crippen LogP contribution < -0.4 is 9.62 Å². The normalized spacial score (nSPS) is 17.1. The Hall–Kier alpha value is -3.13. The third-order valence-electron chi connectivity index (χ3n) is 5.66. The third-order valence-corrected chi connectivity index (χ3v) is 7.53. The maximum atomic E-state index is 13.0. The average Bonchev–Trinajstić information content (AvgIpc) is 3.44. The van der Waals surface area contributed by atoms with Crippen LogP contribution >= 0.6 is 0 Å². The molecule has 1 aliphatic carbocycles. The quantitative estimate of drug-likeness (QED) is 0.700. The van der Waals surface area contributed by atoms with Crippen molar-refractivity contribution in [1.82, 2.24) is 9.78 Å². The first-order valence-electron chi connectivity index (χ1n) is 10.1. The molecule has 0 bridgehead atoms. The van der Waals surface area contributed by atoms with Crippen molar-refractivity contribution in [2.45, 2.75) is 25.7 Å². The summed E-state index contributed by atoms with van der Waals surface area (Å²) in [6.45, 7) is 0.482. The van der Waals surface area contributed by atoms with E-state index in [9.17, 15) is 13.2 Å². The van der Waals surface area contributed by atoms with E-state index in [0.717, 1.165) is 36.2 Å². The maximum Gasteiger partial charge on any atom is 0.256 e. The van der Waals surface area contributed by atoms with E-state index in [1.807, 2.05) is 30.3 Å². The van der Waals surface area contributed by atoms with E-state index < -0.39 is 10.0 Å². The highest BCUT2D eigenvalue weighted by Crippen LogP contribution is 2.31. The lowest BCUT2D eigenvalue weighted by Gasteiger charge is -2.17. The second-order valence-corrected chi connectivity index (χ2v) is 9.63. The summed E-state index contributed by atoms with van der Waals surface area (Å²) in [5.41, 5.74) is 4.09. The summed E-state index contributed by atoms with van der Waals surface area (Å²) >= 11 is 0. The van der Waals surface area contributed by atoms with Gasteiger partial charge in [0.2, 0.25) is 10.0 Å². The van der Waals surface area contributed by atoms with Crippen LogP contribution in [0, 0.1) is 0 Å². The van der Waals surface area contributed by atoms with E-state index in [-0.39, 0.29) is 11.7 Å². The molecule has 0 radical (unpaired) electrons. The number of aromatic nitrogens is 2. The zero-order valence-corrected chi connectivity index (χ0v) is 17.2. The minimum Gasteiger partial charge on any atom is -0.306 e.